The summed E-state index contributed by atoms with van der Waals surface area (Å²) in [6.45, 7) is 4.03. The van der Waals surface area contributed by atoms with E-state index in [1.165, 1.54) is 4.90 Å². The molecule has 146 valence electrons. The first-order chi connectivity index (χ1) is 14.2. The summed E-state index contributed by atoms with van der Waals surface area (Å²) in [7, 11) is 0. The monoisotopic (exact) mass is 388 g/mol. The average molecular weight is 388 g/mol. The first-order valence-electron chi connectivity index (χ1n) is 8.91. The highest BCUT2D eigenvalue weighted by Gasteiger charge is 2.18. The van der Waals surface area contributed by atoms with Crippen LogP contribution in [0.25, 0.3) is 0 Å². The first kappa shape index (κ1) is 19.8. The number of hydrogen-bond acceptors (Lipinski definition) is 5. The van der Waals surface area contributed by atoms with E-state index in [9.17, 15) is 9.59 Å². The molecule has 1 aromatic heterocycles. The number of carbonyl (C=O) groups excluding carboxylic acids is 2. The number of hydroxylamine groups is 1. The second-order valence-electron chi connectivity index (χ2n) is 6.21. The van der Waals surface area contributed by atoms with Gasteiger partial charge in [0.25, 0.3) is 5.91 Å². The Balaban J connectivity index is 1.68. The Morgan fingerprint density at radius 2 is 1.76 bits per heavy atom. The Bertz CT molecular complexity index is 936. The fourth-order valence-corrected chi connectivity index (χ4v) is 2.66. The van der Waals surface area contributed by atoms with Gasteiger partial charge in [-0.15, -0.1) is 0 Å². The van der Waals surface area contributed by atoms with Gasteiger partial charge < -0.3 is 4.84 Å². The molecule has 2 aromatic carbocycles. The van der Waals surface area contributed by atoms with Gasteiger partial charge in [0, 0.05) is 24.5 Å². The van der Waals surface area contributed by atoms with Gasteiger partial charge >= 0.3 is 6.09 Å². The van der Waals surface area contributed by atoms with Crippen molar-refractivity contribution in [2.24, 2.45) is 4.99 Å². The van der Waals surface area contributed by atoms with Gasteiger partial charge in [-0.2, -0.15) is 5.48 Å². The molecule has 0 aliphatic heterocycles. The number of pyridine rings is 1. The van der Waals surface area contributed by atoms with Crippen molar-refractivity contribution in [1.82, 2.24) is 15.4 Å². The summed E-state index contributed by atoms with van der Waals surface area (Å²) < 4.78 is 0. The van der Waals surface area contributed by atoms with E-state index in [1.807, 2.05) is 36.4 Å². The zero-order chi connectivity index (χ0) is 20.5. The molecule has 0 atom stereocenters. The van der Waals surface area contributed by atoms with E-state index >= 15 is 0 Å². The third-order valence-electron chi connectivity index (χ3n) is 4.09. The maximum absolute atomic E-state index is 12.7. The van der Waals surface area contributed by atoms with Gasteiger partial charge in [-0.25, -0.2) is 4.79 Å². The Labute approximate surface area is 168 Å². The lowest BCUT2D eigenvalue weighted by molar-refractivity contribution is 0.0397. The molecular weight excluding hydrogens is 368 g/mol. The summed E-state index contributed by atoms with van der Waals surface area (Å²) in [6.07, 6.45) is 2.66. The van der Waals surface area contributed by atoms with Gasteiger partial charge in [-0.3, -0.25) is 19.7 Å². The lowest BCUT2D eigenvalue weighted by atomic mass is 10.2. The molecule has 0 saturated carbocycles. The summed E-state index contributed by atoms with van der Waals surface area (Å²) in [5, 5.41) is 0. The van der Waals surface area contributed by atoms with Crippen LogP contribution < -0.4 is 5.48 Å². The minimum atomic E-state index is -0.677. The van der Waals surface area contributed by atoms with Crippen LogP contribution in [-0.4, -0.2) is 28.6 Å². The van der Waals surface area contributed by atoms with E-state index in [0.29, 0.717) is 17.8 Å². The molecule has 0 radical (unpaired) electrons. The van der Waals surface area contributed by atoms with Crippen molar-refractivity contribution in [2.75, 3.05) is 0 Å². The molecular formula is C22H20N4O3. The summed E-state index contributed by atoms with van der Waals surface area (Å²) in [5.41, 5.74) is 4.83. The zero-order valence-corrected chi connectivity index (χ0v) is 15.7. The quantitative estimate of drug-likeness (QED) is 0.513. The van der Waals surface area contributed by atoms with Crippen molar-refractivity contribution < 1.29 is 14.4 Å². The van der Waals surface area contributed by atoms with E-state index in [0.717, 1.165) is 11.1 Å². The molecule has 1 heterocycles. The minimum absolute atomic E-state index is 0.285. The number of nitrogens with zero attached hydrogens (tertiary/aromatic N) is 3. The van der Waals surface area contributed by atoms with Gasteiger partial charge in [0.1, 0.15) is 0 Å². The summed E-state index contributed by atoms with van der Waals surface area (Å²) in [5.74, 6) is -0.551. The fraction of sp³-hybridized carbons (Fsp3) is 0.0909. The van der Waals surface area contributed by atoms with Crippen molar-refractivity contribution in [1.29, 1.82) is 0 Å². The highest BCUT2D eigenvalue weighted by Crippen LogP contribution is 2.14. The molecule has 3 rings (SSSR count). The van der Waals surface area contributed by atoms with Gasteiger partial charge in [-0.05, 0) is 42.1 Å². The molecule has 0 aliphatic rings. The van der Waals surface area contributed by atoms with Crippen LogP contribution in [0.4, 0.5) is 10.5 Å². The lowest BCUT2D eigenvalue weighted by Crippen LogP contribution is -2.36. The van der Waals surface area contributed by atoms with E-state index < -0.39 is 12.0 Å². The molecule has 29 heavy (non-hydrogen) atoms. The van der Waals surface area contributed by atoms with Crippen LogP contribution in [0.3, 0.4) is 0 Å². The van der Waals surface area contributed by atoms with Crippen molar-refractivity contribution in [3.63, 3.8) is 0 Å². The molecule has 3 aromatic rings. The lowest BCUT2D eigenvalue weighted by Gasteiger charge is -2.22. The summed E-state index contributed by atoms with van der Waals surface area (Å²) >= 11 is 0. The van der Waals surface area contributed by atoms with E-state index in [1.54, 1.807) is 42.7 Å². The van der Waals surface area contributed by atoms with Crippen LogP contribution >= 0.6 is 0 Å². The third-order valence-corrected chi connectivity index (χ3v) is 4.09. The highest BCUT2D eigenvalue weighted by atomic mass is 16.7. The maximum Gasteiger partial charge on any atom is 0.434 e. The number of aliphatic imine (C=N–C) groups is 1. The molecule has 7 nitrogen and oxygen atoms in total. The Morgan fingerprint density at radius 1 is 1.00 bits per heavy atom. The molecule has 1 N–H and O–H groups in total. The summed E-state index contributed by atoms with van der Waals surface area (Å²) in [4.78, 5) is 39.3. The van der Waals surface area contributed by atoms with Crippen LogP contribution in [0.2, 0.25) is 0 Å². The zero-order valence-electron chi connectivity index (χ0n) is 15.7. The molecule has 0 saturated heterocycles. The van der Waals surface area contributed by atoms with Crippen molar-refractivity contribution >= 4 is 24.4 Å². The van der Waals surface area contributed by atoms with Crippen LogP contribution in [-0.2, 0) is 17.9 Å². The smallest absolute Gasteiger partial charge is 0.321 e. The standard InChI is InChI=1S/C22H20N4O3/c1-23-20-11-5-10-19(13-20)21(27)25-29-22(28)26(15-17-7-3-2-4-8-17)16-18-9-6-12-24-14-18/h2-14H,1,15-16H2,(H,25,27). The van der Waals surface area contributed by atoms with Crippen molar-refractivity contribution in [2.45, 2.75) is 13.1 Å². The van der Waals surface area contributed by atoms with Gasteiger partial charge in [0.2, 0.25) is 0 Å². The van der Waals surface area contributed by atoms with Crippen LogP contribution in [0, 0.1) is 0 Å². The van der Waals surface area contributed by atoms with Crippen LogP contribution in [0.15, 0.2) is 84.1 Å². The number of nitrogens with one attached hydrogen (secondary N) is 1. The fourth-order valence-electron chi connectivity index (χ4n) is 2.66. The molecule has 2 amide bonds. The Morgan fingerprint density at radius 3 is 2.48 bits per heavy atom. The third kappa shape index (κ3) is 5.74. The highest BCUT2D eigenvalue weighted by molar-refractivity contribution is 5.94. The molecule has 0 bridgehead atoms. The molecule has 0 unspecified atom stereocenters. The van der Waals surface area contributed by atoms with Crippen molar-refractivity contribution in [3.05, 3.63) is 95.8 Å². The van der Waals surface area contributed by atoms with Crippen molar-refractivity contribution in [3.8, 4) is 0 Å². The predicted octanol–water partition coefficient (Wildman–Crippen LogP) is 3.90. The number of aromatic nitrogens is 1. The van der Waals surface area contributed by atoms with Crippen LogP contribution in [0.5, 0.6) is 0 Å². The number of hydrogen-bond donors (Lipinski definition) is 1. The van der Waals surface area contributed by atoms with Crippen LogP contribution in [0.1, 0.15) is 21.5 Å². The second-order valence-corrected chi connectivity index (χ2v) is 6.21. The Kier molecular flexibility index (Phi) is 6.67. The van der Waals surface area contributed by atoms with Gasteiger partial charge in [0.15, 0.2) is 0 Å². The first-order valence-corrected chi connectivity index (χ1v) is 8.91. The van der Waals surface area contributed by atoms with E-state index in [2.05, 4.69) is 22.2 Å². The largest absolute Gasteiger partial charge is 0.434 e. The second kappa shape index (κ2) is 9.80. The van der Waals surface area contributed by atoms with Gasteiger partial charge in [0.05, 0.1) is 12.2 Å². The maximum atomic E-state index is 12.7. The number of amides is 2. The van der Waals surface area contributed by atoms with E-state index in [-0.39, 0.29) is 6.54 Å². The SMILES string of the molecule is C=Nc1cccc(C(=O)NOC(=O)N(Cc2ccccc2)Cc2cccnc2)c1. The number of carbonyl (C=O) groups is 2. The normalized spacial score (nSPS) is 10.1. The molecule has 0 spiro atoms. The molecule has 0 aliphatic carbocycles. The average Bonchev–Trinajstić information content (AvgIpc) is 2.78. The predicted molar refractivity (Wildman–Crippen MR) is 110 cm³/mol. The number of benzene rings is 2. The van der Waals surface area contributed by atoms with E-state index in [4.69, 9.17) is 4.84 Å². The Hall–Kier alpha value is -4.00. The number of rotatable bonds is 6. The topological polar surface area (TPSA) is 83.9 Å². The molecule has 0 fully saturated rings. The minimum Gasteiger partial charge on any atom is -0.321 e. The van der Waals surface area contributed by atoms with Gasteiger partial charge in [-0.1, -0.05) is 42.5 Å². The summed E-state index contributed by atoms with van der Waals surface area (Å²) in [6, 6.07) is 19.7. The molecule has 7 heteroatoms.